The third kappa shape index (κ3) is 7.24. The Balaban J connectivity index is 0.000000885. The lowest BCUT2D eigenvalue weighted by Gasteiger charge is -2.38. The van der Waals surface area contributed by atoms with Gasteiger partial charge in [0.25, 0.3) is 0 Å². The van der Waals surface area contributed by atoms with Crippen LogP contribution in [0.2, 0.25) is 0 Å². The molecular weight excluding hydrogens is 278 g/mol. The molecule has 0 aromatic heterocycles. The molecule has 0 saturated carbocycles. The lowest BCUT2D eigenvalue weighted by molar-refractivity contribution is -0.105. The zero-order chi connectivity index (χ0) is 16.8. The van der Waals surface area contributed by atoms with Crippen LogP contribution in [0.3, 0.4) is 0 Å². The van der Waals surface area contributed by atoms with Gasteiger partial charge >= 0.3 is 7.32 Å². The molecular formula is C14H22BFO5. The minimum absolute atomic E-state index is 0.303. The smallest absolute Gasteiger partial charge is 0.485 e. The molecule has 1 aromatic rings. The van der Waals surface area contributed by atoms with Crippen molar-refractivity contribution in [3.63, 3.8) is 0 Å². The van der Waals surface area contributed by atoms with E-state index in [9.17, 15) is 9.50 Å². The average molecular weight is 300 g/mol. The van der Waals surface area contributed by atoms with Crippen molar-refractivity contribution in [1.82, 2.24) is 0 Å². The number of benzene rings is 1. The van der Waals surface area contributed by atoms with Crippen LogP contribution in [-0.4, -0.2) is 38.7 Å². The van der Waals surface area contributed by atoms with Gasteiger partial charge < -0.3 is 24.9 Å². The van der Waals surface area contributed by atoms with E-state index >= 15 is 0 Å². The molecule has 0 atom stereocenters. The topological polar surface area (TPSA) is 90.2 Å². The second-order valence-electron chi connectivity index (χ2n) is 5.45. The summed E-state index contributed by atoms with van der Waals surface area (Å²) in [4.78, 5) is 0. The lowest BCUT2D eigenvalue weighted by Crippen LogP contribution is -2.46. The fourth-order valence-corrected chi connectivity index (χ4v) is 1.13. The Labute approximate surface area is 124 Å². The summed E-state index contributed by atoms with van der Waals surface area (Å²) in [6.07, 6.45) is 0. The molecule has 0 bridgehead atoms. The number of rotatable bonds is 4. The molecule has 0 aliphatic rings. The van der Waals surface area contributed by atoms with Crippen molar-refractivity contribution < 1.29 is 29.3 Å². The van der Waals surface area contributed by atoms with E-state index in [0.717, 1.165) is 0 Å². The van der Waals surface area contributed by atoms with Crippen LogP contribution in [0.4, 0.5) is 4.39 Å². The van der Waals surface area contributed by atoms with Gasteiger partial charge in [0.2, 0.25) is 0 Å². The van der Waals surface area contributed by atoms with Gasteiger partial charge in [-0.1, -0.05) is 6.58 Å². The summed E-state index contributed by atoms with van der Waals surface area (Å²) >= 11 is 0. The minimum atomic E-state index is -2.17. The van der Waals surface area contributed by atoms with Gasteiger partial charge in [-0.3, -0.25) is 0 Å². The van der Waals surface area contributed by atoms with Crippen molar-refractivity contribution in [2.75, 3.05) is 0 Å². The molecule has 1 aromatic carbocycles. The maximum atomic E-state index is 12.8. The average Bonchev–Trinajstić information content (AvgIpc) is 2.26. The molecule has 5 nitrogen and oxygen atoms in total. The molecule has 0 spiro atoms. The number of aliphatic hydroxyl groups is 1. The van der Waals surface area contributed by atoms with Crippen molar-refractivity contribution in [3.05, 3.63) is 42.2 Å². The molecule has 21 heavy (non-hydrogen) atoms. The molecule has 0 saturated heterocycles. The number of hydrogen-bond donors (Lipinski definition) is 4. The molecule has 4 N–H and O–H groups in total. The number of hydrogen-bond acceptors (Lipinski definition) is 5. The molecule has 0 amide bonds. The molecule has 0 unspecified atom stereocenters. The first-order valence-corrected chi connectivity index (χ1v) is 6.27. The van der Waals surface area contributed by atoms with Crippen LogP contribution in [0.25, 0.3) is 5.76 Å². The van der Waals surface area contributed by atoms with E-state index in [1.54, 1.807) is 39.8 Å². The first kappa shape index (κ1) is 19.6. The van der Waals surface area contributed by atoms with E-state index in [2.05, 4.69) is 6.58 Å². The zero-order valence-electron chi connectivity index (χ0n) is 12.7. The van der Waals surface area contributed by atoms with E-state index in [4.69, 9.17) is 19.8 Å². The molecule has 0 aliphatic carbocycles. The van der Waals surface area contributed by atoms with Gasteiger partial charge in [-0.05, 0) is 52.0 Å². The Morgan fingerprint density at radius 1 is 1.10 bits per heavy atom. The Morgan fingerprint density at radius 3 is 1.81 bits per heavy atom. The second-order valence-corrected chi connectivity index (χ2v) is 5.45. The van der Waals surface area contributed by atoms with Gasteiger partial charge in [0.1, 0.15) is 17.2 Å². The minimum Gasteiger partial charge on any atom is -0.485 e. The van der Waals surface area contributed by atoms with Crippen molar-refractivity contribution >= 4 is 13.1 Å². The highest BCUT2D eigenvalue weighted by Gasteiger charge is 2.37. The van der Waals surface area contributed by atoms with E-state index in [-0.39, 0.29) is 5.82 Å². The highest BCUT2D eigenvalue weighted by Crippen LogP contribution is 2.30. The summed E-state index contributed by atoms with van der Waals surface area (Å²) < 4.78 is 18.4. The Bertz CT molecular complexity index is 449. The highest BCUT2D eigenvalue weighted by atomic mass is 19.1. The Hall–Kier alpha value is -1.41. The molecule has 0 fully saturated rings. The van der Waals surface area contributed by atoms with Crippen LogP contribution in [0.1, 0.15) is 33.3 Å². The van der Waals surface area contributed by atoms with Gasteiger partial charge in [-0.25, -0.2) is 4.39 Å². The lowest BCUT2D eigenvalue weighted by atomic mass is 9.89. The Morgan fingerprint density at radius 2 is 1.48 bits per heavy atom. The van der Waals surface area contributed by atoms with E-state index in [1.807, 2.05) is 0 Å². The maximum Gasteiger partial charge on any atom is 0.631 e. The first-order chi connectivity index (χ1) is 9.36. The summed E-state index contributed by atoms with van der Waals surface area (Å²) in [5, 5.41) is 31.5. The monoisotopic (exact) mass is 300 g/mol. The van der Waals surface area contributed by atoms with Crippen molar-refractivity contribution in [1.29, 1.82) is 0 Å². The van der Waals surface area contributed by atoms with Crippen molar-refractivity contribution in [2.45, 2.75) is 38.9 Å². The van der Waals surface area contributed by atoms with Gasteiger partial charge in [0.15, 0.2) is 0 Å². The normalized spacial score (nSPS) is 11.3. The van der Waals surface area contributed by atoms with Crippen molar-refractivity contribution in [2.24, 2.45) is 0 Å². The predicted octanol–water partition coefficient (Wildman–Crippen LogP) is 1.31. The fraction of sp³-hybridized carbons (Fsp3) is 0.429. The highest BCUT2D eigenvalue weighted by molar-refractivity contribution is 6.30. The van der Waals surface area contributed by atoms with Gasteiger partial charge in [-0.2, -0.15) is 0 Å². The standard InChI is InChI=1S/C14H19FO2.BH3O3/c1-10(11-6-8-12(15)9-7-11)17-14(4,5)13(2,3)16;2-1(3)4/h6-9,16H,1H2,2-5H3;2-4H. The SMILES string of the molecule is C=C(OC(C)(C)C(C)(C)O)c1ccc(F)cc1.OB(O)O. The predicted molar refractivity (Wildman–Crippen MR) is 79.3 cm³/mol. The summed E-state index contributed by atoms with van der Waals surface area (Å²) in [6.45, 7) is 10.7. The van der Waals surface area contributed by atoms with E-state index in [0.29, 0.717) is 11.3 Å². The van der Waals surface area contributed by atoms with Crippen LogP contribution < -0.4 is 0 Å². The largest absolute Gasteiger partial charge is 0.631 e. The third-order valence-corrected chi connectivity index (χ3v) is 3.02. The molecule has 0 aliphatic heterocycles. The first-order valence-electron chi connectivity index (χ1n) is 6.27. The number of halogens is 1. The van der Waals surface area contributed by atoms with Gasteiger partial charge in [-0.15, -0.1) is 0 Å². The summed E-state index contributed by atoms with van der Waals surface area (Å²) in [7, 11) is -2.17. The molecule has 0 heterocycles. The van der Waals surface area contributed by atoms with Crippen LogP contribution in [0.15, 0.2) is 30.8 Å². The van der Waals surface area contributed by atoms with Crippen LogP contribution in [0.5, 0.6) is 0 Å². The maximum absolute atomic E-state index is 12.8. The molecule has 1 rings (SSSR count). The van der Waals surface area contributed by atoms with Crippen LogP contribution in [0, 0.1) is 5.82 Å². The fourth-order valence-electron chi connectivity index (χ4n) is 1.13. The number of ether oxygens (including phenoxy) is 1. The third-order valence-electron chi connectivity index (χ3n) is 3.02. The quantitative estimate of drug-likeness (QED) is 0.497. The van der Waals surface area contributed by atoms with Crippen molar-refractivity contribution in [3.8, 4) is 0 Å². The summed E-state index contributed by atoms with van der Waals surface area (Å²) in [6, 6.07) is 5.89. The van der Waals surface area contributed by atoms with Gasteiger partial charge in [0, 0.05) is 5.56 Å². The molecule has 118 valence electrons. The van der Waals surface area contributed by atoms with Crippen LogP contribution >= 0.6 is 0 Å². The summed E-state index contributed by atoms with van der Waals surface area (Å²) in [5.74, 6) is 0.112. The van der Waals surface area contributed by atoms with Crippen LogP contribution in [-0.2, 0) is 4.74 Å². The summed E-state index contributed by atoms with van der Waals surface area (Å²) in [5.41, 5.74) is -1.09. The van der Waals surface area contributed by atoms with Gasteiger partial charge in [0.05, 0.1) is 5.60 Å². The zero-order valence-corrected chi connectivity index (χ0v) is 12.7. The second kappa shape index (κ2) is 7.56. The van der Waals surface area contributed by atoms with E-state index in [1.165, 1.54) is 12.1 Å². The van der Waals surface area contributed by atoms with E-state index < -0.39 is 18.5 Å². The Kier molecular flexibility index (Phi) is 7.05. The molecule has 0 radical (unpaired) electrons. The molecule has 7 heteroatoms.